The van der Waals surface area contributed by atoms with E-state index in [1.165, 1.54) is 22.3 Å². The predicted molar refractivity (Wildman–Crippen MR) is 94.5 cm³/mol. The Labute approximate surface area is 140 Å². The minimum atomic E-state index is 0. The molecule has 0 aliphatic heterocycles. The third-order valence-corrected chi connectivity index (χ3v) is 4.81. The lowest BCUT2D eigenvalue weighted by atomic mass is 9.95. The van der Waals surface area contributed by atoms with Crippen molar-refractivity contribution in [3.05, 3.63) is 34.4 Å². The molecule has 22 heavy (non-hydrogen) atoms. The van der Waals surface area contributed by atoms with E-state index < -0.39 is 0 Å². The zero-order valence-electron chi connectivity index (χ0n) is 13.9. The van der Waals surface area contributed by atoms with Crippen LogP contribution < -0.4 is 11.1 Å². The van der Waals surface area contributed by atoms with Gasteiger partial charge in [0.15, 0.2) is 0 Å². The van der Waals surface area contributed by atoms with E-state index in [1.54, 1.807) is 0 Å². The first-order chi connectivity index (χ1) is 10.0. The van der Waals surface area contributed by atoms with Gasteiger partial charge in [-0.05, 0) is 69.2 Å². The Morgan fingerprint density at radius 2 is 1.86 bits per heavy atom. The Morgan fingerprint density at radius 1 is 1.23 bits per heavy atom. The predicted octanol–water partition coefficient (Wildman–Crippen LogP) is 3.07. The summed E-state index contributed by atoms with van der Waals surface area (Å²) in [4.78, 5) is 12.3. The first kappa shape index (κ1) is 19.0. The molecule has 3 nitrogen and oxygen atoms in total. The molecule has 3 N–H and O–H groups in total. The zero-order chi connectivity index (χ0) is 15.4. The van der Waals surface area contributed by atoms with Crippen LogP contribution in [0.3, 0.4) is 0 Å². The van der Waals surface area contributed by atoms with Crippen molar-refractivity contribution in [2.24, 2.45) is 17.6 Å². The molecule has 1 aromatic carbocycles. The van der Waals surface area contributed by atoms with Crippen LogP contribution in [0.4, 0.5) is 0 Å². The minimum absolute atomic E-state index is 0. The fourth-order valence-electron chi connectivity index (χ4n) is 3.71. The van der Waals surface area contributed by atoms with Crippen LogP contribution in [0, 0.1) is 32.6 Å². The highest BCUT2D eigenvalue weighted by Gasteiger charge is 2.31. The van der Waals surface area contributed by atoms with Crippen LogP contribution in [0.1, 0.15) is 41.5 Å². The van der Waals surface area contributed by atoms with E-state index in [1.807, 2.05) is 0 Å². The molecule has 0 spiro atoms. The van der Waals surface area contributed by atoms with Crippen molar-refractivity contribution < 1.29 is 4.79 Å². The molecule has 1 aliphatic rings. The number of carbonyl (C=O) groups excluding carboxylic acids is 1. The molecular weight excluding hydrogens is 296 g/mol. The number of benzene rings is 1. The summed E-state index contributed by atoms with van der Waals surface area (Å²) in [5.41, 5.74) is 11.1. The number of halogens is 1. The standard InChI is InChI=1S/C18H28N2O.ClH/c1-12-9-13(2)16(14(3)10-12)7-8-20-18(21)17-6-4-5-15(17)11-19;/h9-10,15,17H,4-8,11,19H2,1-3H3,(H,20,21);1H/t15-,17-;/m1./s1. The zero-order valence-corrected chi connectivity index (χ0v) is 14.8. The lowest BCUT2D eigenvalue weighted by Crippen LogP contribution is -2.36. The van der Waals surface area contributed by atoms with Gasteiger partial charge in [-0.25, -0.2) is 0 Å². The molecule has 0 aromatic heterocycles. The molecular formula is C18H29ClN2O. The second-order valence-corrected chi connectivity index (χ2v) is 6.45. The van der Waals surface area contributed by atoms with Gasteiger partial charge < -0.3 is 11.1 Å². The van der Waals surface area contributed by atoms with Gasteiger partial charge >= 0.3 is 0 Å². The van der Waals surface area contributed by atoms with Crippen molar-refractivity contribution in [1.82, 2.24) is 5.32 Å². The van der Waals surface area contributed by atoms with Gasteiger partial charge in [-0.2, -0.15) is 0 Å². The summed E-state index contributed by atoms with van der Waals surface area (Å²) >= 11 is 0. The molecule has 4 heteroatoms. The maximum atomic E-state index is 12.3. The van der Waals surface area contributed by atoms with Crippen LogP contribution in [-0.2, 0) is 11.2 Å². The number of hydrogen-bond donors (Lipinski definition) is 2. The van der Waals surface area contributed by atoms with Crippen LogP contribution in [0.2, 0.25) is 0 Å². The highest BCUT2D eigenvalue weighted by Crippen LogP contribution is 2.30. The van der Waals surface area contributed by atoms with Crippen LogP contribution in [-0.4, -0.2) is 19.0 Å². The third-order valence-electron chi connectivity index (χ3n) is 4.81. The number of aryl methyl sites for hydroxylation is 3. The van der Waals surface area contributed by atoms with Gasteiger partial charge in [0.1, 0.15) is 0 Å². The molecule has 1 amide bonds. The van der Waals surface area contributed by atoms with Crippen molar-refractivity contribution in [2.45, 2.75) is 46.5 Å². The van der Waals surface area contributed by atoms with Crippen LogP contribution in [0.5, 0.6) is 0 Å². The van der Waals surface area contributed by atoms with Crippen LogP contribution >= 0.6 is 12.4 Å². The van der Waals surface area contributed by atoms with E-state index in [-0.39, 0.29) is 24.2 Å². The number of carbonyl (C=O) groups is 1. The maximum absolute atomic E-state index is 12.3. The van der Waals surface area contributed by atoms with E-state index in [2.05, 4.69) is 38.2 Å². The molecule has 124 valence electrons. The van der Waals surface area contributed by atoms with E-state index in [9.17, 15) is 4.79 Å². The van der Waals surface area contributed by atoms with Crippen molar-refractivity contribution in [3.63, 3.8) is 0 Å². The Morgan fingerprint density at radius 3 is 2.45 bits per heavy atom. The molecule has 0 heterocycles. The topological polar surface area (TPSA) is 55.1 Å². The molecule has 1 aliphatic carbocycles. The summed E-state index contributed by atoms with van der Waals surface area (Å²) in [6, 6.07) is 4.43. The Hall–Kier alpha value is -1.06. The Kier molecular flexibility index (Phi) is 7.37. The summed E-state index contributed by atoms with van der Waals surface area (Å²) in [5.74, 6) is 0.716. The van der Waals surface area contributed by atoms with E-state index in [0.717, 1.165) is 32.2 Å². The minimum Gasteiger partial charge on any atom is -0.356 e. The van der Waals surface area contributed by atoms with E-state index in [4.69, 9.17) is 5.73 Å². The lowest BCUT2D eigenvalue weighted by molar-refractivity contribution is -0.125. The summed E-state index contributed by atoms with van der Waals surface area (Å²) in [6.07, 6.45) is 4.14. The normalized spacial score (nSPS) is 20.5. The second kappa shape index (κ2) is 8.54. The first-order valence-electron chi connectivity index (χ1n) is 8.07. The molecule has 0 saturated heterocycles. The molecule has 0 unspecified atom stereocenters. The fraction of sp³-hybridized carbons (Fsp3) is 0.611. The molecule has 1 fully saturated rings. The molecule has 0 radical (unpaired) electrons. The second-order valence-electron chi connectivity index (χ2n) is 6.45. The summed E-state index contributed by atoms with van der Waals surface area (Å²) in [6.45, 7) is 7.78. The van der Waals surface area contributed by atoms with Gasteiger partial charge in [0.25, 0.3) is 0 Å². The Balaban J connectivity index is 0.00000242. The van der Waals surface area contributed by atoms with Crippen LogP contribution in [0.15, 0.2) is 12.1 Å². The van der Waals surface area contributed by atoms with Crippen molar-refractivity contribution in [2.75, 3.05) is 13.1 Å². The molecule has 1 aromatic rings. The highest BCUT2D eigenvalue weighted by atomic mass is 35.5. The van der Waals surface area contributed by atoms with Gasteiger partial charge in [0, 0.05) is 12.5 Å². The monoisotopic (exact) mass is 324 g/mol. The number of hydrogen-bond acceptors (Lipinski definition) is 2. The average molecular weight is 325 g/mol. The lowest BCUT2D eigenvalue weighted by Gasteiger charge is -2.18. The number of amides is 1. The SMILES string of the molecule is Cc1cc(C)c(CCNC(=O)[C@@H]2CCC[C@@H]2CN)c(C)c1.Cl. The Bertz CT molecular complexity index is 493. The van der Waals surface area contributed by atoms with Crippen molar-refractivity contribution in [3.8, 4) is 0 Å². The van der Waals surface area contributed by atoms with Gasteiger partial charge in [-0.15, -0.1) is 12.4 Å². The first-order valence-corrected chi connectivity index (χ1v) is 8.07. The van der Waals surface area contributed by atoms with Crippen molar-refractivity contribution in [1.29, 1.82) is 0 Å². The molecule has 1 saturated carbocycles. The van der Waals surface area contributed by atoms with Gasteiger partial charge in [-0.3, -0.25) is 4.79 Å². The summed E-state index contributed by atoms with van der Waals surface area (Å²) in [7, 11) is 0. The highest BCUT2D eigenvalue weighted by molar-refractivity contribution is 5.85. The number of rotatable bonds is 5. The fourth-order valence-corrected chi connectivity index (χ4v) is 3.71. The number of nitrogens with one attached hydrogen (secondary N) is 1. The largest absolute Gasteiger partial charge is 0.356 e. The van der Waals surface area contributed by atoms with Gasteiger partial charge in [0.2, 0.25) is 5.91 Å². The van der Waals surface area contributed by atoms with Crippen molar-refractivity contribution >= 4 is 18.3 Å². The van der Waals surface area contributed by atoms with E-state index >= 15 is 0 Å². The quantitative estimate of drug-likeness (QED) is 0.874. The van der Waals surface area contributed by atoms with Crippen LogP contribution in [0.25, 0.3) is 0 Å². The summed E-state index contributed by atoms with van der Waals surface area (Å²) < 4.78 is 0. The maximum Gasteiger partial charge on any atom is 0.223 e. The smallest absolute Gasteiger partial charge is 0.223 e. The average Bonchev–Trinajstić information content (AvgIpc) is 2.89. The molecule has 2 atom stereocenters. The number of nitrogens with two attached hydrogens (primary N) is 1. The summed E-state index contributed by atoms with van der Waals surface area (Å²) in [5, 5.41) is 3.11. The van der Waals surface area contributed by atoms with Gasteiger partial charge in [0.05, 0.1) is 0 Å². The molecule has 2 rings (SSSR count). The van der Waals surface area contributed by atoms with Gasteiger partial charge in [-0.1, -0.05) is 24.1 Å². The third kappa shape index (κ3) is 4.47. The molecule has 0 bridgehead atoms. The van der Waals surface area contributed by atoms with E-state index in [0.29, 0.717) is 12.5 Å².